The smallest absolute Gasteiger partial charge is 0.331 e. The van der Waals surface area contributed by atoms with Crippen LogP contribution in [0.1, 0.15) is 13.3 Å². The van der Waals surface area contributed by atoms with E-state index < -0.39 is 5.97 Å². The molecule has 0 saturated heterocycles. The lowest BCUT2D eigenvalue weighted by molar-refractivity contribution is -0.133. The number of halogens is 1. The second-order valence-corrected chi connectivity index (χ2v) is 6.27. The number of amides is 1. The van der Waals surface area contributed by atoms with Gasteiger partial charge in [0.15, 0.2) is 5.75 Å². The maximum absolute atomic E-state index is 12.5. The minimum Gasteiger partial charge on any atom is -0.491 e. The lowest BCUT2D eigenvalue weighted by Gasteiger charge is -2.29. The van der Waals surface area contributed by atoms with E-state index in [1.54, 1.807) is 35.2 Å². The molecule has 0 aromatic heterocycles. The Kier molecular flexibility index (Phi) is 5.63. The van der Waals surface area contributed by atoms with Gasteiger partial charge in [-0.1, -0.05) is 30.7 Å². The van der Waals surface area contributed by atoms with Crippen LogP contribution in [0.15, 0.2) is 42.5 Å². The van der Waals surface area contributed by atoms with Crippen LogP contribution in [-0.4, -0.2) is 31.6 Å². The maximum Gasteiger partial charge on any atom is 0.331 e. The van der Waals surface area contributed by atoms with Crippen LogP contribution in [0.2, 0.25) is 5.02 Å². The van der Waals surface area contributed by atoms with Crippen molar-refractivity contribution < 1.29 is 19.1 Å². The fraction of sp³-hybridized carbons (Fsp3) is 0.263. The highest BCUT2D eigenvalue weighted by molar-refractivity contribution is 6.31. The topological polar surface area (TPSA) is 67.9 Å². The number of para-hydroxylation sites is 2. The van der Waals surface area contributed by atoms with Gasteiger partial charge in [-0.05, 0) is 36.8 Å². The molecule has 6 nitrogen and oxygen atoms in total. The number of carbonyl (C=O) groups is 2. The zero-order valence-corrected chi connectivity index (χ0v) is 15.1. The monoisotopic (exact) mass is 374 g/mol. The molecule has 1 aliphatic heterocycles. The minimum atomic E-state index is -0.417. The summed E-state index contributed by atoms with van der Waals surface area (Å²) in [5, 5.41) is 3.34. The summed E-state index contributed by atoms with van der Waals surface area (Å²) in [6, 6.07) is 12.2. The summed E-state index contributed by atoms with van der Waals surface area (Å²) in [4.78, 5) is 25.9. The molecular formula is C19H19ClN2O4. The van der Waals surface area contributed by atoms with Gasteiger partial charge in [-0.2, -0.15) is 0 Å². The first kappa shape index (κ1) is 18.1. The van der Waals surface area contributed by atoms with Crippen molar-refractivity contribution in [3.05, 3.63) is 47.5 Å². The fourth-order valence-electron chi connectivity index (χ4n) is 2.63. The third-order valence-electron chi connectivity index (χ3n) is 3.76. The first-order valence-corrected chi connectivity index (χ1v) is 8.71. The summed E-state index contributed by atoms with van der Waals surface area (Å²) >= 11 is 6.03. The highest BCUT2D eigenvalue weighted by Crippen LogP contribution is 2.34. The summed E-state index contributed by atoms with van der Waals surface area (Å²) in [5.74, 6) is 0.326. The lowest BCUT2D eigenvalue weighted by Crippen LogP contribution is -2.41. The molecule has 0 spiro atoms. The van der Waals surface area contributed by atoms with E-state index in [0.29, 0.717) is 34.5 Å². The average Bonchev–Trinajstić information content (AvgIpc) is 2.61. The Hall–Kier alpha value is -2.73. The standard InChI is InChI=1S/C19H19ClN2O4/c1-2-9-25-16-6-4-3-5-14(16)21-18(23)11-22-12-19(24)26-17-8-7-13(20)10-15(17)22/h3-8,10H,2,9,11-12H2,1H3,(H,21,23). The Morgan fingerprint density at radius 1 is 1.31 bits per heavy atom. The van der Waals surface area contributed by atoms with Crippen molar-refractivity contribution in [3.8, 4) is 11.5 Å². The molecule has 0 radical (unpaired) electrons. The molecule has 3 rings (SSSR count). The molecule has 2 aromatic carbocycles. The van der Waals surface area contributed by atoms with Crippen LogP contribution in [0.3, 0.4) is 0 Å². The molecule has 0 unspecified atom stereocenters. The minimum absolute atomic E-state index is 0.00937. The largest absolute Gasteiger partial charge is 0.491 e. The van der Waals surface area contributed by atoms with Crippen LogP contribution in [0.25, 0.3) is 0 Å². The third-order valence-corrected chi connectivity index (χ3v) is 4.00. The van der Waals surface area contributed by atoms with Crippen molar-refractivity contribution in [2.45, 2.75) is 13.3 Å². The van der Waals surface area contributed by atoms with Gasteiger partial charge in [-0.15, -0.1) is 0 Å². The van der Waals surface area contributed by atoms with E-state index in [1.165, 1.54) is 0 Å². The van der Waals surface area contributed by atoms with E-state index in [4.69, 9.17) is 21.1 Å². The van der Waals surface area contributed by atoms with Gasteiger partial charge in [0.2, 0.25) is 5.91 Å². The number of fused-ring (bicyclic) bond motifs is 1. The number of esters is 1. The van der Waals surface area contributed by atoms with E-state index in [0.717, 1.165) is 6.42 Å². The highest BCUT2D eigenvalue weighted by atomic mass is 35.5. The number of ether oxygens (including phenoxy) is 2. The summed E-state index contributed by atoms with van der Waals surface area (Å²) < 4.78 is 10.8. The predicted molar refractivity (Wildman–Crippen MR) is 100 cm³/mol. The summed E-state index contributed by atoms with van der Waals surface area (Å²) in [6.07, 6.45) is 0.871. The number of anilines is 2. The maximum atomic E-state index is 12.5. The summed E-state index contributed by atoms with van der Waals surface area (Å²) in [7, 11) is 0. The molecule has 0 aliphatic carbocycles. The fourth-order valence-corrected chi connectivity index (χ4v) is 2.80. The number of carbonyl (C=O) groups excluding carboxylic acids is 2. The zero-order valence-electron chi connectivity index (χ0n) is 14.3. The molecule has 0 bridgehead atoms. The molecule has 136 valence electrons. The van der Waals surface area contributed by atoms with Crippen molar-refractivity contribution in [1.82, 2.24) is 0 Å². The van der Waals surface area contributed by atoms with Gasteiger partial charge in [-0.25, -0.2) is 4.79 Å². The van der Waals surface area contributed by atoms with E-state index in [2.05, 4.69) is 5.32 Å². The quantitative estimate of drug-likeness (QED) is 0.619. The number of hydrogen-bond acceptors (Lipinski definition) is 5. The van der Waals surface area contributed by atoms with Gasteiger partial charge < -0.3 is 19.7 Å². The number of nitrogens with zero attached hydrogens (tertiary/aromatic N) is 1. The second-order valence-electron chi connectivity index (χ2n) is 5.83. The van der Waals surface area contributed by atoms with Crippen LogP contribution in [0.5, 0.6) is 11.5 Å². The average molecular weight is 375 g/mol. The summed E-state index contributed by atoms with van der Waals surface area (Å²) in [6.45, 7) is 2.55. The molecule has 2 aromatic rings. The summed E-state index contributed by atoms with van der Waals surface area (Å²) in [5.41, 5.74) is 1.21. The van der Waals surface area contributed by atoms with E-state index in [1.807, 2.05) is 19.1 Å². The van der Waals surface area contributed by atoms with E-state index >= 15 is 0 Å². The molecule has 0 atom stereocenters. The Morgan fingerprint density at radius 2 is 2.12 bits per heavy atom. The van der Waals surface area contributed by atoms with Gasteiger partial charge in [0.05, 0.1) is 24.5 Å². The Labute approximate surface area is 156 Å². The van der Waals surface area contributed by atoms with Crippen molar-refractivity contribution in [2.24, 2.45) is 0 Å². The third kappa shape index (κ3) is 4.26. The van der Waals surface area contributed by atoms with Crippen LogP contribution in [0, 0.1) is 0 Å². The van der Waals surface area contributed by atoms with E-state index in [9.17, 15) is 9.59 Å². The first-order chi connectivity index (χ1) is 12.6. The number of hydrogen-bond donors (Lipinski definition) is 1. The SMILES string of the molecule is CCCOc1ccccc1NC(=O)CN1CC(=O)Oc2ccc(Cl)cc21. The molecule has 1 amide bonds. The van der Waals surface area contributed by atoms with Crippen molar-refractivity contribution in [1.29, 1.82) is 0 Å². The van der Waals surface area contributed by atoms with Crippen LogP contribution >= 0.6 is 11.6 Å². The highest BCUT2D eigenvalue weighted by Gasteiger charge is 2.26. The molecule has 1 aliphatic rings. The molecule has 0 fully saturated rings. The van der Waals surface area contributed by atoms with Gasteiger partial charge in [0, 0.05) is 5.02 Å². The zero-order chi connectivity index (χ0) is 18.5. The molecule has 26 heavy (non-hydrogen) atoms. The van der Waals surface area contributed by atoms with Crippen molar-refractivity contribution >= 4 is 34.9 Å². The van der Waals surface area contributed by atoms with Gasteiger partial charge in [-0.3, -0.25) is 4.79 Å². The number of nitrogens with one attached hydrogen (secondary N) is 1. The van der Waals surface area contributed by atoms with Gasteiger partial charge >= 0.3 is 5.97 Å². The van der Waals surface area contributed by atoms with Gasteiger partial charge in [0.25, 0.3) is 0 Å². The number of benzene rings is 2. The molecule has 7 heteroatoms. The molecular weight excluding hydrogens is 356 g/mol. The Morgan fingerprint density at radius 3 is 2.92 bits per heavy atom. The Balaban J connectivity index is 1.73. The second kappa shape index (κ2) is 8.10. The van der Waals surface area contributed by atoms with Crippen LogP contribution in [-0.2, 0) is 9.59 Å². The van der Waals surface area contributed by atoms with Crippen molar-refractivity contribution in [3.63, 3.8) is 0 Å². The lowest BCUT2D eigenvalue weighted by atomic mass is 10.2. The van der Waals surface area contributed by atoms with Crippen LogP contribution in [0.4, 0.5) is 11.4 Å². The van der Waals surface area contributed by atoms with E-state index in [-0.39, 0.29) is 19.0 Å². The normalized spacial score (nSPS) is 13.0. The number of rotatable bonds is 6. The Bertz CT molecular complexity index is 825. The molecule has 0 saturated carbocycles. The van der Waals surface area contributed by atoms with Crippen molar-refractivity contribution in [2.75, 3.05) is 29.9 Å². The predicted octanol–water partition coefficient (Wildman–Crippen LogP) is 3.49. The van der Waals surface area contributed by atoms with Gasteiger partial charge in [0.1, 0.15) is 12.3 Å². The molecule has 1 heterocycles. The first-order valence-electron chi connectivity index (χ1n) is 8.33. The van der Waals surface area contributed by atoms with Crippen LogP contribution < -0.4 is 19.7 Å². The molecule has 1 N–H and O–H groups in total.